The van der Waals surface area contributed by atoms with Crippen LogP contribution < -0.4 is 26.2 Å². The van der Waals surface area contributed by atoms with Gasteiger partial charge in [0.2, 0.25) is 0 Å². The van der Waals surface area contributed by atoms with Crippen molar-refractivity contribution in [3.63, 3.8) is 0 Å². The molecule has 0 bridgehead atoms. The molecule has 2 aliphatic rings. The number of anilines is 6. The van der Waals surface area contributed by atoms with Crippen LogP contribution in [0.25, 0.3) is 41.7 Å². The Morgan fingerprint density at radius 1 is 0.411 bits per heavy atom. The zero-order valence-corrected chi connectivity index (χ0v) is 33.6. The molecule has 2 aliphatic heterocycles. The van der Waals surface area contributed by atoms with Crippen molar-refractivity contribution in [3.05, 3.63) is 163 Å². The van der Waals surface area contributed by atoms with Crippen LogP contribution >= 0.6 is 11.3 Å². The van der Waals surface area contributed by atoms with Gasteiger partial charge in [-0.05, 0) is 84.8 Å². The number of para-hydroxylation sites is 1. The van der Waals surface area contributed by atoms with E-state index in [1.165, 1.54) is 103 Å². The molecule has 0 aliphatic carbocycles. The van der Waals surface area contributed by atoms with Crippen LogP contribution in [-0.4, -0.2) is 6.71 Å². The van der Waals surface area contributed by atoms with Gasteiger partial charge in [-0.25, -0.2) is 0 Å². The fourth-order valence-corrected chi connectivity index (χ4v) is 11.1. The van der Waals surface area contributed by atoms with Crippen LogP contribution in [0.1, 0.15) is 52.7 Å². The van der Waals surface area contributed by atoms with E-state index in [-0.39, 0.29) is 17.5 Å². The highest BCUT2D eigenvalue weighted by atomic mass is 32.1. The molecule has 2 nitrogen and oxygen atoms in total. The number of nitrogens with zero attached hydrogens (tertiary/aromatic N) is 2. The smallest absolute Gasteiger partial charge is 0.254 e. The molecule has 8 aromatic carbocycles. The van der Waals surface area contributed by atoms with Crippen LogP contribution in [0.15, 0.2) is 152 Å². The molecule has 56 heavy (non-hydrogen) atoms. The van der Waals surface area contributed by atoms with Crippen LogP contribution in [0.3, 0.4) is 0 Å². The van der Waals surface area contributed by atoms with E-state index < -0.39 is 0 Å². The summed E-state index contributed by atoms with van der Waals surface area (Å²) >= 11 is 1.95. The SMILES string of the molecule is CC(C)(C)c1ccc2ccccc2c1N1c2ccccc2B2c3c1cccc3N(c1c(C(C)(C)C)ccc3ccccc13)c1ccc3c(sc4ccccc43)c12. The molecule has 11 rings (SSSR count). The van der Waals surface area contributed by atoms with E-state index in [9.17, 15) is 0 Å². The minimum atomic E-state index is -0.101. The predicted molar refractivity (Wildman–Crippen MR) is 246 cm³/mol. The fraction of sp³-hybridized carbons (Fsp3) is 0.154. The fourth-order valence-electron chi connectivity index (χ4n) is 9.83. The van der Waals surface area contributed by atoms with Crippen molar-refractivity contribution in [3.8, 4) is 0 Å². The number of hydrogen-bond acceptors (Lipinski definition) is 3. The molecule has 0 saturated heterocycles. The quantitative estimate of drug-likeness (QED) is 0.163. The second kappa shape index (κ2) is 11.8. The zero-order valence-electron chi connectivity index (χ0n) is 32.8. The van der Waals surface area contributed by atoms with Gasteiger partial charge in [-0.15, -0.1) is 11.3 Å². The first kappa shape index (κ1) is 33.5. The lowest BCUT2D eigenvalue weighted by Crippen LogP contribution is -2.61. The Balaban J connectivity index is 1.33. The topological polar surface area (TPSA) is 6.48 Å². The van der Waals surface area contributed by atoms with Gasteiger partial charge in [0.05, 0.1) is 11.4 Å². The standard InChI is InChI=1S/C52H43BN2S/c1-51(2,3)38-29-26-32-16-7-9-18-34(32)48(38)54-41-22-13-12-21-40(41)53-46-42(54)23-15-24-43(46)55(49-35-19-10-8-17-33(35)27-30-39(49)52(4,5)6)44-31-28-37-36-20-11-14-25-45(36)56-50(37)47(44)53/h7-31H,1-6H3. The maximum atomic E-state index is 2.65. The number of rotatable bonds is 2. The largest absolute Gasteiger partial charge is 0.311 e. The van der Waals surface area contributed by atoms with Crippen LogP contribution in [0.5, 0.6) is 0 Å². The summed E-state index contributed by atoms with van der Waals surface area (Å²) in [5.41, 5.74) is 14.2. The maximum absolute atomic E-state index is 2.65. The molecule has 0 unspecified atom stereocenters. The zero-order chi connectivity index (χ0) is 38.1. The van der Waals surface area contributed by atoms with Crippen LogP contribution in [0.2, 0.25) is 0 Å². The monoisotopic (exact) mass is 738 g/mol. The average Bonchev–Trinajstić information content (AvgIpc) is 3.58. The summed E-state index contributed by atoms with van der Waals surface area (Å²) in [6.07, 6.45) is 0. The number of benzene rings is 8. The number of fused-ring (bicyclic) bond motifs is 10. The third-order valence-corrected chi connectivity index (χ3v) is 13.5. The Bertz CT molecular complexity index is 3070. The Morgan fingerprint density at radius 3 is 1.54 bits per heavy atom. The van der Waals surface area contributed by atoms with Gasteiger partial charge in [-0.2, -0.15) is 0 Å². The molecular weight excluding hydrogens is 695 g/mol. The van der Waals surface area contributed by atoms with Crippen LogP contribution in [0, 0.1) is 0 Å². The lowest BCUT2D eigenvalue weighted by atomic mass is 9.33. The third kappa shape index (κ3) is 4.69. The van der Waals surface area contributed by atoms with E-state index >= 15 is 0 Å². The highest BCUT2D eigenvalue weighted by Crippen LogP contribution is 2.52. The Labute approximate surface area is 333 Å². The van der Waals surface area contributed by atoms with Gasteiger partial charge in [0.15, 0.2) is 0 Å². The van der Waals surface area contributed by atoms with E-state index in [1.54, 1.807) is 0 Å². The van der Waals surface area contributed by atoms with Crippen molar-refractivity contribution < 1.29 is 0 Å². The number of hydrogen-bond donors (Lipinski definition) is 0. The van der Waals surface area contributed by atoms with Gasteiger partial charge in [0.25, 0.3) is 6.71 Å². The van der Waals surface area contributed by atoms with Gasteiger partial charge < -0.3 is 9.80 Å². The molecule has 0 radical (unpaired) electrons. The predicted octanol–water partition coefficient (Wildman–Crippen LogP) is 13.0. The molecule has 9 aromatic rings. The molecule has 270 valence electrons. The van der Waals surface area contributed by atoms with Crippen molar-refractivity contribution in [1.29, 1.82) is 0 Å². The number of thiophene rings is 1. The van der Waals surface area contributed by atoms with Crippen molar-refractivity contribution in [2.45, 2.75) is 52.4 Å². The Hall–Kier alpha value is -5.84. The normalized spacial score (nSPS) is 13.8. The lowest BCUT2D eigenvalue weighted by Gasteiger charge is -2.46. The van der Waals surface area contributed by atoms with E-state index in [0.29, 0.717) is 0 Å². The highest BCUT2D eigenvalue weighted by molar-refractivity contribution is 7.28. The van der Waals surface area contributed by atoms with Crippen molar-refractivity contribution in [2.75, 3.05) is 9.80 Å². The molecule has 3 heterocycles. The molecular formula is C52H43BN2S. The minimum absolute atomic E-state index is 0.0396. The minimum Gasteiger partial charge on any atom is -0.311 e. The van der Waals surface area contributed by atoms with E-state index in [0.717, 1.165) is 0 Å². The first-order valence-electron chi connectivity index (χ1n) is 19.9. The molecule has 0 spiro atoms. The van der Waals surface area contributed by atoms with Gasteiger partial charge in [0, 0.05) is 48.3 Å². The van der Waals surface area contributed by atoms with E-state index in [1.807, 2.05) is 11.3 Å². The second-order valence-electron chi connectivity index (χ2n) is 17.7. The Kier molecular flexibility index (Phi) is 7.08. The van der Waals surface area contributed by atoms with Gasteiger partial charge >= 0.3 is 0 Å². The first-order valence-corrected chi connectivity index (χ1v) is 20.7. The summed E-state index contributed by atoms with van der Waals surface area (Å²) in [4.78, 5) is 5.27. The van der Waals surface area contributed by atoms with Crippen LogP contribution in [-0.2, 0) is 10.8 Å². The summed E-state index contributed by atoms with van der Waals surface area (Å²) in [6.45, 7) is 14.2. The maximum Gasteiger partial charge on any atom is 0.254 e. The molecule has 0 fully saturated rings. The summed E-state index contributed by atoms with van der Waals surface area (Å²) < 4.78 is 2.71. The van der Waals surface area contributed by atoms with Crippen LogP contribution in [0.4, 0.5) is 34.1 Å². The summed E-state index contributed by atoms with van der Waals surface area (Å²) in [5, 5.41) is 7.72. The Morgan fingerprint density at radius 2 is 0.911 bits per heavy atom. The molecule has 1 aromatic heterocycles. The van der Waals surface area contributed by atoms with Crippen molar-refractivity contribution in [1.82, 2.24) is 0 Å². The molecule has 0 atom stereocenters. The third-order valence-electron chi connectivity index (χ3n) is 12.3. The second-order valence-corrected chi connectivity index (χ2v) is 18.8. The molecule has 0 amide bonds. The van der Waals surface area contributed by atoms with Gasteiger partial charge in [0.1, 0.15) is 0 Å². The lowest BCUT2D eigenvalue weighted by molar-refractivity contribution is 0.591. The van der Waals surface area contributed by atoms with Crippen molar-refractivity contribution in [2.24, 2.45) is 0 Å². The average molecular weight is 739 g/mol. The molecule has 4 heteroatoms. The first-order chi connectivity index (χ1) is 27.1. The summed E-state index contributed by atoms with van der Waals surface area (Å²) in [6, 6.07) is 57.4. The molecule has 0 saturated carbocycles. The van der Waals surface area contributed by atoms with Gasteiger partial charge in [-0.3, -0.25) is 0 Å². The summed E-state index contributed by atoms with van der Waals surface area (Å²) in [7, 11) is 0. The molecule has 0 N–H and O–H groups in total. The van der Waals surface area contributed by atoms with Crippen molar-refractivity contribution >= 4 is 110 Å². The van der Waals surface area contributed by atoms with E-state index in [2.05, 4.69) is 203 Å². The summed E-state index contributed by atoms with van der Waals surface area (Å²) in [5.74, 6) is 0. The van der Waals surface area contributed by atoms with E-state index in [4.69, 9.17) is 0 Å². The van der Waals surface area contributed by atoms with Gasteiger partial charge in [-0.1, -0.05) is 163 Å². The highest BCUT2D eigenvalue weighted by Gasteiger charge is 2.46.